The Morgan fingerprint density at radius 1 is 1.32 bits per heavy atom. The highest BCUT2D eigenvalue weighted by Crippen LogP contribution is 2.20. The summed E-state index contributed by atoms with van der Waals surface area (Å²) < 4.78 is 6.32. The first-order valence-corrected chi connectivity index (χ1v) is 7.55. The lowest BCUT2D eigenvalue weighted by molar-refractivity contribution is 0.0389. The number of halogens is 1. The topological polar surface area (TPSA) is 36.5 Å². The number of thiocarbonyl (C=S) groups is 1. The summed E-state index contributed by atoms with van der Waals surface area (Å²) in [5.74, 6) is 0. The Kier molecular flexibility index (Phi) is 6.03. The number of nitrogens with zero attached hydrogens (tertiary/aromatic N) is 1. The number of anilines is 1. The van der Waals surface area contributed by atoms with Crippen LogP contribution in [-0.4, -0.2) is 49.4 Å². The Hall–Kier alpha value is -0.690. The van der Waals surface area contributed by atoms with Gasteiger partial charge in [-0.25, -0.2) is 0 Å². The predicted octanol–water partition coefficient (Wildman–Crippen LogP) is 2.07. The summed E-state index contributed by atoms with van der Waals surface area (Å²) in [6.45, 7) is 5.51. The van der Waals surface area contributed by atoms with E-state index < -0.39 is 0 Å². The molecule has 0 aromatic heterocycles. The van der Waals surface area contributed by atoms with E-state index in [1.807, 2.05) is 24.3 Å². The van der Waals surface area contributed by atoms with Crippen molar-refractivity contribution in [2.75, 3.05) is 44.7 Å². The minimum atomic E-state index is 0.653. The maximum atomic E-state index is 5.31. The standard InChI is InChI=1S/C13H18BrN3OS/c14-11-3-1-2-4-12(11)16-13(19)15-5-6-17-7-9-18-10-8-17/h1-4H,5-10H2,(H2,15,16,19). The van der Waals surface area contributed by atoms with Gasteiger partial charge in [0, 0.05) is 30.7 Å². The van der Waals surface area contributed by atoms with Crippen LogP contribution in [0.3, 0.4) is 0 Å². The molecule has 1 aromatic rings. The Morgan fingerprint density at radius 3 is 2.79 bits per heavy atom. The van der Waals surface area contributed by atoms with Gasteiger partial charge in [-0.3, -0.25) is 4.90 Å². The van der Waals surface area contributed by atoms with Gasteiger partial charge in [-0.2, -0.15) is 0 Å². The fourth-order valence-corrected chi connectivity index (χ4v) is 2.48. The number of morpholine rings is 1. The average molecular weight is 344 g/mol. The predicted molar refractivity (Wildman–Crippen MR) is 85.6 cm³/mol. The molecule has 0 amide bonds. The molecule has 4 nitrogen and oxygen atoms in total. The molecule has 0 aliphatic carbocycles. The molecule has 19 heavy (non-hydrogen) atoms. The van der Waals surface area contributed by atoms with Crippen LogP contribution in [0.25, 0.3) is 0 Å². The first kappa shape index (κ1) is 14.7. The molecule has 0 unspecified atom stereocenters. The molecule has 104 valence electrons. The number of ether oxygens (including phenoxy) is 1. The molecule has 2 rings (SSSR count). The van der Waals surface area contributed by atoms with E-state index in [1.54, 1.807) is 0 Å². The van der Waals surface area contributed by atoms with Gasteiger partial charge in [-0.05, 0) is 40.3 Å². The van der Waals surface area contributed by atoms with Gasteiger partial charge in [0.05, 0.1) is 18.9 Å². The van der Waals surface area contributed by atoms with Crippen molar-refractivity contribution in [3.8, 4) is 0 Å². The van der Waals surface area contributed by atoms with Gasteiger partial charge >= 0.3 is 0 Å². The van der Waals surface area contributed by atoms with Crippen LogP contribution in [0, 0.1) is 0 Å². The molecular formula is C13H18BrN3OS. The summed E-state index contributed by atoms with van der Waals surface area (Å²) in [5.41, 5.74) is 0.978. The maximum Gasteiger partial charge on any atom is 0.170 e. The molecule has 1 aromatic carbocycles. The largest absolute Gasteiger partial charge is 0.379 e. The summed E-state index contributed by atoms with van der Waals surface area (Å²) in [6.07, 6.45) is 0. The number of rotatable bonds is 4. The smallest absolute Gasteiger partial charge is 0.170 e. The van der Waals surface area contributed by atoms with Crippen molar-refractivity contribution < 1.29 is 4.74 Å². The second-order valence-electron chi connectivity index (χ2n) is 4.31. The molecule has 0 atom stereocenters. The molecule has 6 heteroatoms. The highest BCUT2D eigenvalue weighted by atomic mass is 79.9. The number of hydrogen-bond donors (Lipinski definition) is 2. The molecule has 0 spiro atoms. The highest BCUT2D eigenvalue weighted by Gasteiger charge is 2.09. The molecule has 0 saturated carbocycles. The molecule has 0 radical (unpaired) electrons. The van der Waals surface area contributed by atoms with Crippen molar-refractivity contribution in [1.82, 2.24) is 10.2 Å². The van der Waals surface area contributed by atoms with E-state index in [2.05, 4.69) is 31.5 Å². The first-order valence-electron chi connectivity index (χ1n) is 6.35. The fourth-order valence-electron chi connectivity index (χ4n) is 1.88. The van der Waals surface area contributed by atoms with Gasteiger partial charge in [-0.1, -0.05) is 12.1 Å². The van der Waals surface area contributed by atoms with Crippen molar-refractivity contribution in [2.45, 2.75) is 0 Å². The normalized spacial score (nSPS) is 16.1. The monoisotopic (exact) mass is 343 g/mol. The van der Waals surface area contributed by atoms with Crippen LogP contribution >= 0.6 is 28.1 Å². The number of hydrogen-bond acceptors (Lipinski definition) is 3. The molecule has 1 fully saturated rings. The lowest BCUT2D eigenvalue weighted by Gasteiger charge is -2.26. The third-order valence-corrected chi connectivity index (χ3v) is 3.88. The van der Waals surface area contributed by atoms with E-state index in [-0.39, 0.29) is 0 Å². The number of nitrogens with one attached hydrogen (secondary N) is 2. The van der Waals surface area contributed by atoms with Gasteiger partial charge in [0.25, 0.3) is 0 Å². The van der Waals surface area contributed by atoms with E-state index in [0.717, 1.165) is 49.6 Å². The average Bonchev–Trinajstić information content (AvgIpc) is 2.43. The summed E-state index contributed by atoms with van der Waals surface area (Å²) in [6, 6.07) is 7.92. The molecule has 2 N–H and O–H groups in total. The van der Waals surface area contributed by atoms with Gasteiger partial charge in [0.2, 0.25) is 0 Å². The van der Waals surface area contributed by atoms with Crippen LogP contribution in [0.2, 0.25) is 0 Å². The van der Waals surface area contributed by atoms with E-state index in [0.29, 0.717) is 5.11 Å². The van der Waals surface area contributed by atoms with Crippen LogP contribution in [0.5, 0.6) is 0 Å². The highest BCUT2D eigenvalue weighted by molar-refractivity contribution is 9.10. The second-order valence-corrected chi connectivity index (χ2v) is 5.58. The van der Waals surface area contributed by atoms with Crippen LogP contribution < -0.4 is 10.6 Å². The zero-order valence-corrected chi connectivity index (χ0v) is 13.1. The van der Waals surface area contributed by atoms with Gasteiger partial charge in [0.15, 0.2) is 5.11 Å². The fraction of sp³-hybridized carbons (Fsp3) is 0.462. The lowest BCUT2D eigenvalue weighted by Crippen LogP contribution is -2.42. The van der Waals surface area contributed by atoms with Crippen LogP contribution in [-0.2, 0) is 4.74 Å². The Labute approximate surface area is 127 Å². The molecule has 1 aliphatic heterocycles. The zero-order chi connectivity index (χ0) is 13.5. The molecular weight excluding hydrogens is 326 g/mol. The van der Waals surface area contributed by atoms with Crippen molar-refractivity contribution in [3.05, 3.63) is 28.7 Å². The quantitative estimate of drug-likeness (QED) is 0.818. The maximum absolute atomic E-state index is 5.31. The van der Waals surface area contributed by atoms with Crippen LogP contribution in [0.4, 0.5) is 5.69 Å². The Balaban J connectivity index is 1.68. The summed E-state index contributed by atoms with van der Waals surface area (Å²) >= 11 is 8.76. The molecule has 1 heterocycles. The summed E-state index contributed by atoms with van der Waals surface area (Å²) in [5, 5.41) is 7.05. The first-order chi connectivity index (χ1) is 9.25. The Bertz CT molecular complexity index is 424. The lowest BCUT2D eigenvalue weighted by atomic mass is 10.3. The molecule has 1 saturated heterocycles. The third kappa shape index (κ3) is 5.06. The summed E-state index contributed by atoms with van der Waals surface area (Å²) in [7, 11) is 0. The Morgan fingerprint density at radius 2 is 2.05 bits per heavy atom. The van der Waals surface area contributed by atoms with E-state index in [4.69, 9.17) is 17.0 Å². The van der Waals surface area contributed by atoms with Crippen molar-refractivity contribution >= 4 is 38.9 Å². The second kappa shape index (κ2) is 7.79. The minimum absolute atomic E-state index is 0.653. The third-order valence-electron chi connectivity index (χ3n) is 2.94. The minimum Gasteiger partial charge on any atom is -0.379 e. The van der Waals surface area contributed by atoms with Crippen molar-refractivity contribution in [1.29, 1.82) is 0 Å². The van der Waals surface area contributed by atoms with E-state index in [1.165, 1.54) is 0 Å². The number of benzene rings is 1. The summed E-state index contributed by atoms with van der Waals surface area (Å²) in [4.78, 5) is 2.37. The van der Waals surface area contributed by atoms with Crippen molar-refractivity contribution in [2.24, 2.45) is 0 Å². The van der Waals surface area contributed by atoms with Crippen molar-refractivity contribution in [3.63, 3.8) is 0 Å². The zero-order valence-electron chi connectivity index (χ0n) is 10.7. The van der Waals surface area contributed by atoms with Gasteiger partial charge in [-0.15, -0.1) is 0 Å². The molecule has 0 bridgehead atoms. The SMILES string of the molecule is S=C(NCCN1CCOCC1)Nc1ccccc1Br. The van der Waals surface area contributed by atoms with Crippen LogP contribution in [0.15, 0.2) is 28.7 Å². The van der Waals surface area contributed by atoms with E-state index >= 15 is 0 Å². The molecule has 1 aliphatic rings. The number of para-hydroxylation sites is 1. The van der Waals surface area contributed by atoms with E-state index in [9.17, 15) is 0 Å². The van der Waals surface area contributed by atoms with Gasteiger partial charge in [0.1, 0.15) is 0 Å². The van der Waals surface area contributed by atoms with Gasteiger partial charge < -0.3 is 15.4 Å². The van der Waals surface area contributed by atoms with Crippen LogP contribution in [0.1, 0.15) is 0 Å².